The van der Waals surface area contributed by atoms with E-state index in [0.717, 1.165) is 17.6 Å². The second kappa shape index (κ2) is 5.50. The lowest BCUT2D eigenvalue weighted by atomic mass is 10.1. The summed E-state index contributed by atoms with van der Waals surface area (Å²) in [6, 6.07) is 10.3. The van der Waals surface area contributed by atoms with Gasteiger partial charge in [0.05, 0.1) is 5.69 Å². The van der Waals surface area contributed by atoms with Crippen molar-refractivity contribution in [1.29, 1.82) is 0 Å². The summed E-state index contributed by atoms with van der Waals surface area (Å²) in [6.07, 6.45) is 2.14. The molecule has 0 fully saturated rings. The van der Waals surface area contributed by atoms with E-state index in [-0.39, 0.29) is 0 Å². The van der Waals surface area contributed by atoms with Gasteiger partial charge in [0, 0.05) is 29.2 Å². The summed E-state index contributed by atoms with van der Waals surface area (Å²) in [5.74, 6) is 0.613. The molecule has 0 aliphatic carbocycles. The summed E-state index contributed by atoms with van der Waals surface area (Å²) in [5.41, 5.74) is 3.52. The Morgan fingerprint density at radius 1 is 1.24 bits per heavy atom. The predicted molar refractivity (Wildman–Crippen MR) is 75.1 cm³/mol. The largest absolute Gasteiger partial charge is 0.272 e. The van der Waals surface area contributed by atoms with E-state index in [9.17, 15) is 0 Å². The average molecular weight is 293 g/mol. The van der Waals surface area contributed by atoms with Crippen LogP contribution in [-0.4, -0.2) is 9.78 Å². The first-order valence-electron chi connectivity index (χ1n) is 5.88. The highest BCUT2D eigenvalue weighted by molar-refractivity contribution is 9.08. The Balaban J connectivity index is 2.36. The van der Waals surface area contributed by atoms with Crippen molar-refractivity contribution in [1.82, 2.24) is 9.78 Å². The molecule has 2 rings (SSSR count). The topological polar surface area (TPSA) is 17.8 Å². The second-order valence-electron chi connectivity index (χ2n) is 4.62. The zero-order chi connectivity index (χ0) is 12.3. The first-order valence-corrected chi connectivity index (χ1v) is 7.00. The molecular weight excluding hydrogens is 276 g/mol. The van der Waals surface area contributed by atoms with Gasteiger partial charge >= 0.3 is 0 Å². The van der Waals surface area contributed by atoms with Crippen LogP contribution in [0.3, 0.4) is 0 Å². The summed E-state index contributed by atoms with van der Waals surface area (Å²) >= 11 is 3.53. The Hall–Kier alpha value is -1.09. The molecule has 1 heterocycles. The van der Waals surface area contributed by atoms with Crippen LogP contribution in [0.15, 0.2) is 36.5 Å². The van der Waals surface area contributed by atoms with Crippen LogP contribution in [0.25, 0.3) is 11.3 Å². The highest BCUT2D eigenvalue weighted by Gasteiger charge is 2.10. The molecule has 0 aliphatic heterocycles. The van der Waals surface area contributed by atoms with Crippen LogP contribution in [0.4, 0.5) is 0 Å². The maximum atomic E-state index is 4.68. The van der Waals surface area contributed by atoms with Crippen LogP contribution in [-0.2, 0) is 11.9 Å². The van der Waals surface area contributed by atoms with Gasteiger partial charge in [-0.2, -0.15) is 5.10 Å². The van der Waals surface area contributed by atoms with E-state index in [2.05, 4.69) is 65.3 Å². The fourth-order valence-corrected chi connectivity index (χ4v) is 2.28. The second-order valence-corrected chi connectivity index (χ2v) is 5.18. The summed E-state index contributed by atoms with van der Waals surface area (Å²) in [5, 5.41) is 5.52. The third kappa shape index (κ3) is 2.97. The number of rotatable bonds is 4. The molecule has 2 aromatic rings. The van der Waals surface area contributed by atoms with Crippen LogP contribution >= 0.6 is 15.9 Å². The Labute approximate surface area is 111 Å². The highest BCUT2D eigenvalue weighted by atomic mass is 79.9. The molecule has 0 radical (unpaired) electrons. The van der Waals surface area contributed by atoms with Gasteiger partial charge in [0.1, 0.15) is 0 Å². The van der Waals surface area contributed by atoms with Crippen molar-refractivity contribution < 1.29 is 0 Å². The van der Waals surface area contributed by atoms with E-state index in [4.69, 9.17) is 0 Å². The van der Waals surface area contributed by atoms with Crippen molar-refractivity contribution in [2.75, 3.05) is 0 Å². The van der Waals surface area contributed by atoms with E-state index in [0.29, 0.717) is 5.92 Å². The van der Waals surface area contributed by atoms with Crippen LogP contribution < -0.4 is 0 Å². The molecule has 0 saturated carbocycles. The molecule has 0 aliphatic rings. The molecule has 1 aromatic heterocycles. The Morgan fingerprint density at radius 2 is 1.94 bits per heavy atom. The quantitative estimate of drug-likeness (QED) is 0.776. The van der Waals surface area contributed by atoms with E-state index in [1.165, 1.54) is 11.1 Å². The lowest BCUT2D eigenvalue weighted by molar-refractivity contribution is 0.484. The summed E-state index contributed by atoms with van der Waals surface area (Å²) in [4.78, 5) is 0. The molecule has 17 heavy (non-hydrogen) atoms. The van der Waals surface area contributed by atoms with Gasteiger partial charge in [0.15, 0.2) is 0 Å². The van der Waals surface area contributed by atoms with Crippen LogP contribution in [0.1, 0.15) is 19.4 Å². The van der Waals surface area contributed by atoms with Gasteiger partial charge in [-0.3, -0.25) is 4.68 Å². The van der Waals surface area contributed by atoms with Gasteiger partial charge in [-0.15, -0.1) is 0 Å². The van der Waals surface area contributed by atoms with E-state index >= 15 is 0 Å². The van der Waals surface area contributed by atoms with Crippen LogP contribution in [0.5, 0.6) is 0 Å². The Kier molecular flexibility index (Phi) is 4.00. The zero-order valence-corrected chi connectivity index (χ0v) is 11.8. The van der Waals surface area contributed by atoms with Gasteiger partial charge in [0.25, 0.3) is 0 Å². The number of alkyl halides is 1. The molecular formula is C14H17BrN2. The number of nitrogens with zero attached hydrogens (tertiary/aromatic N) is 2. The van der Waals surface area contributed by atoms with Gasteiger partial charge < -0.3 is 0 Å². The van der Waals surface area contributed by atoms with Crippen molar-refractivity contribution in [3.63, 3.8) is 0 Å². The normalized spacial score (nSPS) is 11.1. The number of hydrogen-bond acceptors (Lipinski definition) is 1. The lowest BCUT2D eigenvalue weighted by Crippen LogP contribution is -2.04. The molecule has 0 amide bonds. The Morgan fingerprint density at radius 3 is 2.53 bits per heavy atom. The third-order valence-corrected chi connectivity index (χ3v) is 3.18. The predicted octanol–water partition coefficient (Wildman–Crippen LogP) is 4.10. The maximum Gasteiger partial charge on any atom is 0.0963 e. The SMILES string of the molecule is CC(C)Cn1cc(CBr)c(-c2ccccc2)n1. The van der Waals surface area contributed by atoms with Gasteiger partial charge in [-0.1, -0.05) is 60.1 Å². The number of benzene rings is 1. The number of halogens is 1. The minimum Gasteiger partial charge on any atom is -0.272 e. The molecule has 1 aromatic carbocycles. The molecule has 90 valence electrons. The van der Waals surface area contributed by atoms with Crippen molar-refractivity contribution in [2.24, 2.45) is 5.92 Å². The average Bonchev–Trinajstić information content (AvgIpc) is 2.72. The molecule has 0 atom stereocenters. The standard InChI is InChI=1S/C14H17BrN2/c1-11(2)9-17-10-13(8-15)14(16-17)12-6-4-3-5-7-12/h3-7,10-11H,8-9H2,1-2H3. The van der Waals surface area contributed by atoms with E-state index in [1.807, 2.05) is 10.7 Å². The van der Waals surface area contributed by atoms with Gasteiger partial charge in [-0.25, -0.2) is 0 Å². The summed E-state index contributed by atoms with van der Waals surface area (Å²) in [7, 11) is 0. The third-order valence-electron chi connectivity index (χ3n) is 2.58. The minimum atomic E-state index is 0.613. The fourth-order valence-electron chi connectivity index (χ4n) is 1.87. The monoisotopic (exact) mass is 292 g/mol. The molecule has 0 saturated heterocycles. The molecule has 3 heteroatoms. The van der Waals surface area contributed by atoms with E-state index < -0.39 is 0 Å². The van der Waals surface area contributed by atoms with Crippen LogP contribution in [0, 0.1) is 5.92 Å². The maximum absolute atomic E-state index is 4.68. The fraction of sp³-hybridized carbons (Fsp3) is 0.357. The zero-order valence-electron chi connectivity index (χ0n) is 10.2. The summed E-state index contributed by atoms with van der Waals surface area (Å²) < 4.78 is 2.05. The van der Waals surface area contributed by atoms with Crippen LogP contribution in [0.2, 0.25) is 0 Å². The Bertz CT molecular complexity index is 474. The van der Waals surface area contributed by atoms with Crippen molar-refractivity contribution in [3.05, 3.63) is 42.1 Å². The summed E-state index contributed by atoms with van der Waals surface area (Å²) in [6.45, 7) is 5.38. The van der Waals surface area contributed by atoms with Crippen molar-refractivity contribution in [2.45, 2.75) is 25.7 Å². The highest BCUT2D eigenvalue weighted by Crippen LogP contribution is 2.23. The molecule has 0 unspecified atom stereocenters. The molecule has 0 spiro atoms. The molecule has 2 nitrogen and oxygen atoms in total. The van der Waals surface area contributed by atoms with Gasteiger partial charge in [0.2, 0.25) is 0 Å². The molecule has 0 N–H and O–H groups in total. The first-order chi connectivity index (χ1) is 8.20. The number of hydrogen-bond donors (Lipinski definition) is 0. The molecule has 0 bridgehead atoms. The lowest BCUT2D eigenvalue weighted by Gasteiger charge is -2.03. The van der Waals surface area contributed by atoms with E-state index in [1.54, 1.807) is 0 Å². The minimum absolute atomic E-state index is 0.613. The smallest absolute Gasteiger partial charge is 0.0963 e. The first kappa shape index (κ1) is 12.4. The van der Waals surface area contributed by atoms with Crippen molar-refractivity contribution >= 4 is 15.9 Å². The van der Waals surface area contributed by atoms with Crippen molar-refractivity contribution in [3.8, 4) is 11.3 Å². The number of aromatic nitrogens is 2. The van der Waals surface area contributed by atoms with Gasteiger partial charge in [-0.05, 0) is 5.92 Å².